The molecule has 0 saturated heterocycles. The van der Waals surface area contributed by atoms with Gasteiger partial charge in [0.2, 0.25) is 0 Å². The molecule has 0 bridgehead atoms. The summed E-state index contributed by atoms with van der Waals surface area (Å²) in [6.45, 7) is 7.97. The average molecular weight is 361 g/mol. The van der Waals surface area contributed by atoms with Gasteiger partial charge in [-0.3, -0.25) is 4.68 Å². The van der Waals surface area contributed by atoms with E-state index in [1.54, 1.807) is 11.6 Å². The number of aryl methyl sites for hydroxylation is 2. The third kappa shape index (κ3) is 3.96. The number of carbonyl (C=O) groups excluding carboxylic acids is 1. The van der Waals surface area contributed by atoms with E-state index in [0.29, 0.717) is 13.0 Å². The summed E-state index contributed by atoms with van der Waals surface area (Å²) in [5.41, 5.74) is 0.416. The SMILES string of the molecule is CCn1nc(C)c(Br)c1CNC(=O)NC(C)(CC)C(=O)O. The lowest BCUT2D eigenvalue weighted by atomic mass is 10.00. The molecule has 1 heterocycles. The first kappa shape index (κ1) is 17.5. The van der Waals surface area contributed by atoms with Gasteiger partial charge >= 0.3 is 12.0 Å². The van der Waals surface area contributed by atoms with Gasteiger partial charge in [0.25, 0.3) is 0 Å². The Kier molecular flexibility index (Phi) is 5.77. The van der Waals surface area contributed by atoms with Crippen molar-refractivity contribution in [1.29, 1.82) is 0 Å². The van der Waals surface area contributed by atoms with Crippen molar-refractivity contribution in [3.63, 3.8) is 0 Å². The van der Waals surface area contributed by atoms with E-state index in [1.807, 2.05) is 13.8 Å². The second kappa shape index (κ2) is 6.93. The lowest BCUT2D eigenvalue weighted by Gasteiger charge is -2.24. The highest BCUT2D eigenvalue weighted by molar-refractivity contribution is 9.10. The number of rotatable bonds is 6. The van der Waals surface area contributed by atoms with E-state index < -0.39 is 17.5 Å². The van der Waals surface area contributed by atoms with Crippen molar-refractivity contribution >= 4 is 27.9 Å². The van der Waals surface area contributed by atoms with Crippen molar-refractivity contribution in [3.8, 4) is 0 Å². The minimum atomic E-state index is -1.28. The topological polar surface area (TPSA) is 96.3 Å². The van der Waals surface area contributed by atoms with Crippen molar-refractivity contribution in [2.24, 2.45) is 0 Å². The highest BCUT2D eigenvalue weighted by Crippen LogP contribution is 2.20. The van der Waals surface area contributed by atoms with E-state index in [9.17, 15) is 9.59 Å². The Bertz CT molecular complexity index is 544. The largest absolute Gasteiger partial charge is 0.480 e. The van der Waals surface area contributed by atoms with Crippen LogP contribution < -0.4 is 10.6 Å². The summed E-state index contributed by atoms with van der Waals surface area (Å²) in [6, 6.07) is -0.518. The summed E-state index contributed by atoms with van der Waals surface area (Å²) < 4.78 is 2.64. The molecule has 21 heavy (non-hydrogen) atoms. The molecule has 3 N–H and O–H groups in total. The van der Waals surface area contributed by atoms with Gasteiger partial charge in [0.15, 0.2) is 0 Å². The van der Waals surface area contributed by atoms with Gasteiger partial charge in [-0.25, -0.2) is 9.59 Å². The molecule has 0 aliphatic heterocycles. The van der Waals surface area contributed by atoms with E-state index in [2.05, 4.69) is 31.7 Å². The number of carbonyl (C=O) groups is 2. The number of carboxylic acids is 1. The van der Waals surface area contributed by atoms with Crippen LogP contribution in [0.2, 0.25) is 0 Å². The molecule has 2 amide bonds. The molecular formula is C13H21BrN4O3. The number of urea groups is 1. The molecule has 1 unspecified atom stereocenters. The molecule has 0 radical (unpaired) electrons. The second-order valence-electron chi connectivity index (χ2n) is 4.96. The maximum absolute atomic E-state index is 11.9. The Labute approximate surface area is 132 Å². The second-order valence-corrected chi connectivity index (χ2v) is 5.75. The number of aliphatic carboxylic acids is 1. The van der Waals surface area contributed by atoms with Crippen LogP contribution in [0.25, 0.3) is 0 Å². The molecule has 0 aliphatic carbocycles. The number of halogens is 1. The zero-order chi connectivity index (χ0) is 16.2. The molecule has 0 aromatic carbocycles. The van der Waals surface area contributed by atoms with Gasteiger partial charge < -0.3 is 15.7 Å². The Morgan fingerprint density at radius 3 is 2.52 bits per heavy atom. The molecule has 0 fully saturated rings. The standard InChI is InChI=1S/C13H21BrN4O3/c1-5-13(4,11(19)20)16-12(21)15-7-9-10(14)8(3)17-18(9)6-2/h5-7H2,1-4H3,(H,19,20)(H2,15,16,21). The first-order valence-corrected chi connectivity index (χ1v) is 7.55. The van der Waals surface area contributed by atoms with E-state index in [-0.39, 0.29) is 6.54 Å². The molecule has 0 aliphatic rings. The van der Waals surface area contributed by atoms with Crippen molar-refractivity contribution < 1.29 is 14.7 Å². The van der Waals surface area contributed by atoms with Gasteiger partial charge in [-0.1, -0.05) is 6.92 Å². The highest BCUT2D eigenvalue weighted by Gasteiger charge is 2.32. The molecule has 118 valence electrons. The predicted molar refractivity (Wildman–Crippen MR) is 82.0 cm³/mol. The minimum Gasteiger partial charge on any atom is -0.480 e. The fraction of sp³-hybridized carbons (Fsp3) is 0.615. The Balaban J connectivity index is 2.72. The number of nitrogens with zero attached hydrogens (tertiary/aromatic N) is 2. The highest BCUT2D eigenvalue weighted by atomic mass is 79.9. The molecular weight excluding hydrogens is 340 g/mol. The molecule has 8 heteroatoms. The van der Waals surface area contributed by atoms with Gasteiger partial charge in [0.05, 0.1) is 22.4 Å². The zero-order valence-corrected chi connectivity index (χ0v) is 14.2. The monoisotopic (exact) mass is 360 g/mol. The summed E-state index contributed by atoms with van der Waals surface area (Å²) in [5, 5.41) is 18.6. The molecule has 0 spiro atoms. The summed E-state index contributed by atoms with van der Waals surface area (Å²) in [6.07, 6.45) is 0.297. The predicted octanol–water partition coefficient (Wildman–Crippen LogP) is 2.03. The van der Waals surface area contributed by atoms with Crippen LogP contribution >= 0.6 is 15.9 Å². The first-order valence-electron chi connectivity index (χ1n) is 6.76. The molecule has 1 aromatic heterocycles. The number of carboxylic acid groups (broad SMARTS) is 1. The minimum absolute atomic E-state index is 0.264. The van der Waals surface area contributed by atoms with Crippen LogP contribution in [-0.4, -0.2) is 32.4 Å². The molecule has 1 rings (SSSR count). The summed E-state index contributed by atoms with van der Waals surface area (Å²) >= 11 is 3.44. The van der Waals surface area contributed by atoms with E-state index >= 15 is 0 Å². The smallest absolute Gasteiger partial charge is 0.329 e. The van der Waals surface area contributed by atoms with E-state index in [0.717, 1.165) is 15.9 Å². The normalized spacial score (nSPS) is 13.6. The van der Waals surface area contributed by atoms with Gasteiger partial charge in [0.1, 0.15) is 5.54 Å². The molecule has 1 aromatic rings. The molecule has 0 saturated carbocycles. The van der Waals surface area contributed by atoms with Crippen LogP contribution in [0.1, 0.15) is 38.6 Å². The summed E-state index contributed by atoms with van der Waals surface area (Å²) in [5.74, 6) is -1.06. The fourth-order valence-corrected chi connectivity index (χ4v) is 2.21. The maximum Gasteiger partial charge on any atom is 0.329 e. The van der Waals surface area contributed by atoms with Crippen molar-refractivity contribution in [2.75, 3.05) is 0 Å². The van der Waals surface area contributed by atoms with Gasteiger partial charge in [-0.05, 0) is 43.1 Å². The van der Waals surface area contributed by atoms with Gasteiger partial charge in [-0.15, -0.1) is 0 Å². The average Bonchev–Trinajstić information content (AvgIpc) is 2.71. The zero-order valence-electron chi connectivity index (χ0n) is 12.7. The van der Waals surface area contributed by atoms with Gasteiger partial charge in [-0.2, -0.15) is 5.10 Å². The lowest BCUT2D eigenvalue weighted by molar-refractivity contribution is -0.143. The van der Waals surface area contributed by atoms with Crippen molar-refractivity contribution in [3.05, 3.63) is 15.9 Å². The van der Waals surface area contributed by atoms with Crippen molar-refractivity contribution in [2.45, 2.75) is 52.7 Å². The number of hydrogen-bond acceptors (Lipinski definition) is 3. The summed E-state index contributed by atoms with van der Waals surface area (Å²) in [7, 11) is 0. The van der Waals surface area contributed by atoms with Crippen LogP contribution in [0.5, 0.6) is 0 Å². The lowest BCUT2D eigenvalue weighted by Crippen LogP contribution is -2.54. The Hall–Kier alpha value is -1.57. The van der Waals surface area contributed by atoms with Gasteiger partial charge in [0, 0.05) is 6.54 Å². The quantitative estimate of drug-likeness (QED) is 0.722. The van der Waals surface area contributed by atoms with Crippen LogP contribution in [0.3, 0.4) is 0 Å². The fourth-order valence-electron chi connectivity index (χ4n) is 1.79. The maximum atomic E-state index is 11.9. The first-order chi connectivity index (χ1) is 9.75. The van der Waals surface area contributed by atoms with Crippen LogP contribution in [-0.2, 0) is 17.9 Å². The molecule has 1 atom stereocenters. The van der Waals surface area contributed by atoms with E-state index in [1.165, 1.54) is 6.92 Å². The third-order valence-corrected chi connectivity index (χ3v) is 4.47. The Morgan fingerprint density at radius 1 is 1.43 bits per heavy atom. The number of amides is 2. The van der Waals surface area contributed by atoms with Crippen LogP contribution in [0.4, 0.5) is 4.79 Å². The summed E-state index contributed by atoms with van der Waals surface area (Å²) in [4.78, 5) is 23.0. The van der Waals surface area contributed by atoms with Crippen LogP contribution in [0, 0.1) is 6.92 Å². The number of hydrogen-bond donors (Lipinski definition) is 3. The number of aromatic nitrogens is 2. The Morgan fingerprint density at radius 2 is 2.05 bits per heavy atom. The van der Waals surface area contributed by atoms with Crippen LogP contribution in [0.15, 0.2) is 4.47 Å². The third-order valence-electron chi connectivity index (χ3n) is 3.44. The van der Waals surface area contributed by atoms with Crippen molar-refractivity contribution in [1.82, 2.24) is 20.4 Å². The molecule has 7 nitrogen and oxygen atoms in total. The number of nitrogens with one attached hydrogen (secondary N) is 2. The van der Waals surface area contributed by atoms with E-state index in [4.69, 9.17) is 5.11 Å².